The molecule has 18 heavy (non-hydrogen) atoms. The van der Waals surface area contributed by atoms with Crippen LogP contribution in [0.5, 0.6) is 0 Å². The molecule has 0 aliphatic carbocycles. The highest BCUT2D eigenvalue weighted by Gasteiger charge is 2.22. The molecule has 0 spiro atoms. The van der Waals surface area contributed by atoms with E-state index in [4.69, 9.17) is 0 Å². The van der Waals surface area contributed by atoms with Gasteiger partial charge in [-0.15, -0.1) is 0 Å². The van der Waals surface area contributed by atoms with Gasteiger partial charge in [-0.3, -0.25) is 0 Å². The number of likely N-dealkylation sites (tertiary alicyclic amines) is 1. The van der Waals surface area contributed by atoms with Gasteiger partial charge in [0.05, 0.1) is 12.4 Å². The van der Waals surface area contributed by atoms with Crippen LogP contribution in [-0.2, 0) is 6.54 Å². The minimum atomic E-state index is -0.177. The Kier molecular flexibility index (Phi) is 5.20. The van der Waals surface area contributed by atoms with E-state index in [0.29, 0.717) is 6.04 Å². The van der Waals surface area contributed by atoms with Gasteiger partial charge >= 0.3 is 0 Å². The van der Waals surface area contributed by atoms with E-state index in [9.17, 15) is 5.11 Å². The molecule has 102 valence electrons. The molecular weight excluding hydrogens is 226 g/mol. The van der Waals surface area contributed by atoms with E-state index < -0.39 is 0 Å². The second-order valence-electron chi connectivity index (χ2n) is 5.42. The molecule has 0 bridgehead atoms. The third-order valence-electron chi connectivity index (χ3n) is 3.78. The lowest BCUT2D eigenvalue weighted by Crippen LogP contribution is -2.41. The molecule has 2 atom stereocenters. The van der Waals surface area contributed by atoms with Crippen LogP contribution in [0, 0.1) is 0 Å². The fourth-order valence-electron chi connectivity index (χ4n) is 2.89. The van der Waals surface area contributed by atoms with Crippen molar-refractivity contribution in [2.45, 2.75) is 57.7 Å². The van der Waals surface area contributed by atoms with Crippen molar-refractivity contribution in [2.24, 2.45) is 0 Å². The molecule has 0 aromatic carbocycles. The van der Waals surface area contributed by atoms with E-state index in [-0.39, 0.29) is 6.10 Å². The van der Waals surface area contributed by atoms with Gasteiger partial charge in [0.1, 0.15) is 0 Å². The van der Waals surface area contributed by atoms with E-state index in [1.54, 1.807) is 0 Å². The summed E-state index contributed by atoms with van der Waals surface area (Å²) < 4.78 is 2.13. The zero-order valence-electron chi connectivity index (χ0n) is 11.3. The van der Waals surface area contributed by atoms with Crippen LogP contribution >= 0.6 is 0 Å². The quantitative estimate of drug-likeness (QED) is 0.839. The van der Waals surface area contributed by atoms with Crippen molar-refractivity contribution >= 4 is 0 Å². The average molecular weight is 251 g/mol. The Hall–Kier alpha value is -0.870. The van der Waals surface area contributed by atoms with Gasteiger partial charge in [0.2, 0.25) is 0 Å². The second-order valence-corrected chi connectivity index (χ2v) is 5.42. The average Bonchev–Trinajstić information content (AvgIpc) is 2.84. The van der Waals surface area contributed by atoms with Crippen molar-refractivity contribution in [3.05, 3.63) is 18.7 Å². The van der Waals surface area contributed by atoms with Crippen molar-refractivity contribution in [3.8, 4) is 0 Å². The molecule has 0 saturated carbocycles. The van der Waals surface area contributed by atoms with Crippen LogP contribution in [0.15, 0.2) is 18.7 Å². The molecule has 1 aliphatic heterocycles. The number of nitrogens with zero attached hydrogens (tertiary/aromatic N) is 3. The minimum absolute atomic E-state index is 0.177. The van der Waals surface area contributed by atoms with Gasteiger partial charge in [0.15, 0.2) is 0 Å². The SMILES string of the molecule is CC(O)CC1CCCCN1CCCn1ccnc1. The number of hydrogen-bond donors (Lipinski definition) is 1. The Morgan fingerprint density at radius 2 is 2.28 bits per heavy atom. The second kappa shape index (κ2) is 6.90. The van der Waals surface area contributed by atoms with Crippen molar-refractivity contribution in [1.29, 1.82) is 0 Å². The van der Waals surface area contributed by atoms with E-state index in [0.717, 1.165) is 25.9 Å². The molecule has 2 rings (SSSR count). The zero-order valence-corrected chi connectivity index (χ0v) is 11.3. The predicted molar refractivity (Wildman–Crippen MR) is 72.4 cm³/mol. The maximum Gasteiger partial charge on any atom is 0.0945 e. The topological polar surface area (TPSA) is 41.3 Å². The van der Waals surface area contributed by atoms with Gasteiger partial charge in [-0.1, -0.05) is 6.42 Å². The Labute approximate surface area is 110 Å². The normalized spacial score (nSPS) is 23.1. The summed E-state index contributed by atoms with van der Waals surface area (Å²) in [5.41, 5.74) is 0. The van der Waals surface area contributed by atoms with Gasteiger partial charge in [-0.05, 0) is 39.2 Å². The first-order valence-electron chi connectivity index (χ1n) is 7.13. The highest BCUT2D eigenvalue weighted by Crippen LogP contribution is 2.21. The number of aryl methyl sites for hydroxylation is 1. The minimum Gasteiger partial charge on any atom is -0.393 e. The first kappa shape index (κ1) is 13.6. The number of piperidine rings is 1. The molecule has 1 fully saturated rings. The van der Waals surface area contributed by atoms with Crippen molar-refractivity contribution in [2.75, 3.05) is 13.1 Å². The van der Waals surface area contributed by atoms with Crippen molar-refractivity contribution in [1.82, 2.24) is 14.5 Å². The zero-order chi connectivity index (χ0) is 12.8. The third-order valence-corrected chi connectivity index (χ3v) is 3.78. The molecule has 1 saturated heterocycles. The van der Waals surface area contributed by atoms with Gasteiger partial charge in [-0.2, -0.15) is 0 Å². The molecule has 1 N–H and O–H groups in total. The number of rotatable bonds is 6. The van der Waals surface area contributed by atoms with E-state index in [1.807, 2.05) is 25.6 Å². The summed E-state index contributed by atoms with van der Waals surface area (Å²) in [4.78, 5) is 6.62. The van der Waals surface area contributed by atoms with Crippen molar-refractivity contribution in [3.63, 3.8) is 0 Å². The van der Waals surface area contributed by atoms with E-state index in [1.165, 1.54) is 25.8 Å². The number of hydrogen-bond acceptors (Lipinski definition) is 3. The molecule has 2 heterocycles. The van der Waals surface area contributed by atoms with Gasteiger partial charge < -0.3 is 14.6 Å². The molecule has 0 amide bonds. The lowest BCUT2D eigenvalue weighted by molar-refractivity contribution is 0.0852. The van der Waals surface area contributed by atoms with Gasteiger partial charge in [0.25, 0.3) is 0 Å². The van der Waals surface area contributed by atoms with Crippen LogP contribution in [0.25, 0.3) is 0 Å². The molecule has 4 nitrogen and oxygen atoms in total. The maximum absolute atomic E-state index is 9.56. The summed E-state index contributed by atoms with van der Waals surface area (Å²) >= 11 is 0. The van der Waals surface area contributed by atoms with Crippen LogP contribution in [0.4, 0.5) is 0 Å². The van der Waals surface area contributed by atoms with Crippen LogP contribution in [0.3, 0.4) is 0 Å². The summed E-state index contributed by atoms with van der Waals surface area (Å²) in [5.74, 6) is 0. The molecule has 1 aliphatic rings. The number of aliphatic hydroxyl groups excluding tert-OH is 1. The maximum atomic E-state index is 9.56. The summed E-state index contributed by atoms with van der Waals surface area (Å²) in [5, 5.41) is 9.56. The first-order chi connectivity index (χ1) is 8.75. The third kappa shape index (κ3) is 4.10. The van der Waals surface area contributed by atoms with Gasteiger partial charge in [0, 0.05) is 31.5 Å². The summed E-state index contributed by atoms with van der Waals surface area (Å²) in [6.45, 7) is 5.27. The Balaban J connectivity index is 1.74. The molecule has 2 unspecified atom stereocenters. The highest BCUT2D eigenvalue weighted by molar-refractivity contribution is 4.79. The molecule has 1 aromatic rings. The number of aromatic nitrogens is 2. The Morgan fingerprint density at radius 1 is 1.39 bits per heavy atom. The Bertz CT molecular complexity index is 324. The van der Waals surface area contributed by atoms with E-state index in [2.05, 4.69) is 14.5 Å². The highest BCUT2D eigenvalue weighted by atomic mass is 16.3. The first-order valence-corrected chi connectivity index (χ1v) is 7.13. The lowest BCUT2D eigenvalue weighted by atomic mass is 9.97. The van der Waals surface area contributed by atoms with Crippen LogP contribution < -0.4 is 0 Å². The molecular formula is C14H25N3O. The lowest BCUT2D eigenvalue weighted by Gasteiger charge is -2.36. The fraction of sp³-hybridized carbons (Fsp3) is 0.786. The predicted octanol–water partition coefficient (Wildman–Crippen LogP) is 1.90. The Morgan fingerprint density at radius 3 is 3.00 bits per heavy atom. The molecule has 4 heteroatoms. The van der Waals surface area contributed by atoms with Crippen LogP contribution in [0.2, 0.25) is 0 Å². The number of aliphatic hydroxyl groups is 1. The molecule has 0 radical (unpaired) electrons. The van der Waals surface area contributed by atoms with Crippen molar-refractivity contribution < 1.29 is 5.11 Å². The monoisotopic (exact) mass is 251 g/mol. The van der Waals surface area contributed by atoms with Crippen LogP contribution in [-0.4, -0.2) is 44.8 Å². The summed E-state index contributed by atoms with van der Waals surface area (Å²) in [6, 6.07) is 0.585. The van der Waals surface area contributed by atoms with Crippen LogP contribution in [0.1, 0.15) is 39.0 Å². The largest absolute Gasteiger partial charge is 0.393 e. The number of imidazole rings is 1. The summed E-state index contributed by atoms with van der Waals surface area (Å²) in [7, 11) is 0. The summed E-state index contributed by atoms with van der Waals surface area (Å²) in [6.07, 6.45) is 11.5. The van der Waals surface area contributed by atoms with E-state index >= 15 is 0 Å². The fourth-order valence-corrected chi connectivity index (χ4v) is 2.89. The van der Waals surface area contributed by atoms with Gasteiger partial charge in [-0.25, -0.2) is 4.98 Å². The molecule has 1 aromatic heterocycles. The smallest absolute Gasteiger partial charge is 0.0945 e. The standard InChI is InChI=1S/C14H25N3O/c1-13(18)11-14-5-2-3-8-17(14)9-4-7-16-10-6-15-12-16/h6,10,12-14,18H,2-5,7-9,11H2,1H3.